The molecule has 1 saturated heterocycles. The number of carbonyl (C=O) groups is 1. The van der Waals surface area contributed by atoms with Crippen LogP contribution in [0.4, 0.5) is 5.82 Å². The molecule has 0 bridgehead atoms. The first-order valence-electron chi connectivity index (χ1n) is 9.50. The van der Waals surface area contributed by atoms with Gasteiger partial charge in [-0.3, -0.25) is 9.89 Å². The Kier molecular flexibility index (Phi) is 5.50. The van der Waals surface area contributed by atoms with Gasteiger partial charge in [0, 0.05) is 35.8 Å². The van der Waals surface area contributed by atoms with E-state index in [2.05, 4.69) is 26.5 Å². The molecule has 7 heteroatoms. The fraction of sp³-hybridized carbons (Fsp3) is 0.227. The van der Waals surface area contributed by atoms with Crippen molar-refractivity contribution in [2.75, 3.05) is 18.0 Å². The molecule has 0 spiro atoms. The van der Waals surface area contributed by atoms with Gasteiger partial charge in [-0.25, -0.2) is 0 Å². The number of amides is 1. The largest absolute Gasteiger partial charge is 0.353 e. The summed E-state index contributed by atoms with van der Waals surface area (Å²) < 4.78 is 0. The summed E-state index contributed by atoms with van der Waals surface area (Å²) in [5.41, 5.74) is 2.93. The van der Waals surface area contributed by atoms with Crippen molar-refractivity contribution in [3.63, 3.8) is 0 Å². The second-order valence-corrected chi connectivity index (χ2v) is 7.53. The Hall–Kier alpha value is -3.30. The summed E-state index contributed by atoms with van der Waals surface area (Å²) in [4.78, 5) is 14.7. The molecule has 0 saturated carbocycles. The molecule has 2 aromatic carbocycles. The molecule has 3 aromatic rings. The van der Waals surface area contributed by atoms with Crippen LogP contribution in [-0.4, -0.2) is 35.2 Å². The third kappa shape index (κ3) is 4.41. The van der Waals surface area contributed by atoms with Crippen molar-refractivity contribution in [3.05, 3.63) is 70.7 Å². The first kappa shape index (κ1) is 19.0. The number of nitriles is 1. The van der Waals surface area contributed by atoms with E-state index in [1.807, 2.05) is 30.3 Å². The van der Waals surface area contributed by atoms with Crippen molar-refractivity contribution < 1.29 is 4.79 Å². The fourth-order valence-electron chi connectivity index (χ4n) is 3.55. The molecule has 0 aliphatic carbocycles. The molecular formula is C22H20ClN5O. The van der Waals surface area contributed by atoms with E-state index >= 15 is 0 Å². The third-order valence-corrected chi connectivity index (χ3v) is 5.31. The Morgan fingerprint density at radius 1 is 1.24 bits per heavy atom. The molecule has 1 unspecified atom stereocenters. The van der Waals surface area contributed by atoms with Crippen LogP contribution in [0.1, 0.15) is 28.8 Å². The van der Waals surface area contributed by atoms with E-state index in [0.717, 1.165) is 36.5 Å². The summed E-state index contributed by atoms with van der Waals surface area (Å²) in [6.07, 6.45) is 1.88. The van der Waals surface area contributed by atoms with Gasteiger partial charge in [0.25, 0.3) is 5.91 Å². The molecule has 1 aliphatic rings. The minimum Gasteiger partial charge on any atom is -0.353 e. The molecule has 1 aromatic heterocycles. The Morgan fingerprint density at radius 3 is 2.86 bits per heavy atom. The molecule has 146 valence electrons. The zero-order valence-corrected chi connectivity index (χ0v) is 16.5. The number of piperidine rings is 1. The molecule has 6 nitrogen and oxygen atoms in total. The van der Waals surface area contributed by atoms with Crippen LogP contribution >= 0.6 is 11.6 Å². The number of aromatic nitrogens is 2. The van der Waals surface area contributed by atoms with Gasteiger partial charge >= 0.3 is 0 Å². The van der Waals surface area contributed by atoms with Gasteiger partial charge in [0.05, 0.1) is 17.3 Å². The second kappa shape index (κ2) is 8.38. The maximum atomic E-state index is 12.6. The fourth-order valence-corrected chi connectivity index (χ4v) is 3.68. The predicted molar refractivity (Wildman–Crippen MR) is 113 cm³/mol. The highest BCUT2D eigenvalue weighted by Crippen LogP contribution is 2.25. The number of rotatable bonds is 4. The van der Waals surface area contributed by atoms with Crippen molar-refractivity contribution in [1.82, 2.24) is 15.5 Å². The monoisotopic (exact) mass is 405 g/mol. The Bertz CT molecular complexity index is 1050. The number of nitrogens with zero attached hydrogens (tertiary/aromatic N) is 3. The molecule has 1 fully saturated rings. The topological polar surface area (TPSA) is 84.8 Å². The van der Waals surface area contributed by atoms with Crippen LogP contribution < -0.4 is 10.2 Å². The number of anilines is 1. The van der Waals surface area contributed by atoms with Gasteiger partial charge in [-0.15, -0.1) is 0 Å². The zero-order chi connectivity index (χ0) is 20.2. The third-order valence-electron chi connectivity index (χ3n) is 5.05. The van der Waals surface area contributed by atoms with E-state index in [1.165, 1.54) is 0 Å². The van der Waals surface area contributed by atoms with Gasteiger partial charge in [-0.1, -0.05) is 29.8 Å². The van der Waals surface area contributed by atoms with Gasteiger partial charge < -0.3 is 10.2 Å². The number of nitrogens with one attached hydrogen (secondary N) is 2. The molecule has 29 heavy (non-hydrogen) atoms. The van der Waals surface area contributed by atoms with E-state index in [0.29, 0.717) is 22.7 Å². The van der Waals surface area contributed by atoms with Crippen molar-refractivity contribution >= 4 is 23.3 Å². The summed E-state index contributed by atoms with van der Waals surface area (Å²) in [6, 6.07) is 18.5. The number of carbonyl (C=O) groups excluding carboxylic acids is 1. The minimum atomic E-state index is -0.155. The van der Waals surface area contributed by atoms with E-state index in [4.69, 9.17) is 16.9 Å². The zero-order valence-electron chi connectivity index (χ0n) is 15.7. The van der Waals surface area contributed by atoms with Crippen LogP contribution in [0, 0.1) is 11.3 Å². The minimum absolute atomic E-state index is 0.0256. The maximum Gasteiger partial charge on any atom is 0.251 e. The number of hydrogen-bond donors (Lipinski definition) is 2. The highest BCUT2D eigenvalue weighted by molar-refractivity contribution is 6.30. The highest BCUT2D eigenvalue weighted by atomic mass is 35.5. The lowest BCUT2D eigenvalue weighted by Crippen LogP contribution is -2.48. The quantitative estimate of drug-likeness (QED) is 0.687. The van der Waals surface area contributed by atoms with Crippen molar-refractivity contribution in [2.24, 2.45) is 0 Å². The Labute approximate surface area is 174 Å². The van der Waals surface area contributed by atoms with E-state index < -0.39 is 0 Å². The number of aromatic amines is 1. The predicted octanol–water partition coefficient (Wildman–Crippen LogP) is 4.00. The van der Waals surface area contributed by atoms with Crippen molar-refractivity contribution in [2.45, 2.75) is 18.9 Å². The van der Waals surface area contributed by atoms with Crippen molar-refractivity contribution in [3.8, 4) is 17.3 Å². The van der Waals surface area contributed by atoms with E-state index in [-0.39, 0.29) is 11.9 Å². The summed E-state index contributed by atoms with van der Waals surface area (Å²) in [5, 5.41) is 20.3. The molecule has 2 heterocycles. The number of hydrogen-bond acceptors (Lipinski definition) is 4. The lowest BCUT2D eigenvalue weighted by Gasteiger charge is -2.33. The maximum absolute atomic E-state index is 12.6. The molecule has 1 amide bonds. The number of halogens is 1. The summed E-state index contributed by atoms with van der Waals surface area (Å²) >= 11 is 5.96. The standard InChI is InChI=1S/C22H20ClN5O/c23-18-8-6-16(7-9-18)20-12-21(27-26-20)28-10-2-5-19(14-28)25-22(29)17-4-1-3-15(11-17)13-24/h1,3-4,6-9,11-12,19H,2,5,10,14H2,(H,25,29)(H,26,27). The Balaban J connectivity index is 1.42. The molecule has 0 radical (unpaired) electrons. The molecule has 1 aliphatic heterocycles. The smallest absolute Gasteiger partial charge is 0.251 e. The van der Waals surface area contributed by atoms with Crippen LogP contribution in [0.3, 0.4) is 0 Å². The molecule has 4 rings (SSSR count). The highest BCUT2D eigenvalue weighted by Gasteiger charge is 2.23. The van der Waals surface area contributed by atoms with Crippen LogP contribution in [-0.2, 0) is 0 Å². The van der Waals surface area contributed by atoms with E-state index in [9.17, 15) is 4.79 Å². The van der Waals surface area contributed by atoms with Crippen LogP contribution in [0.15, 0.2) is 54.6 Å². The Morgan fingerprint density at radius 2 is 2.07 bits per heavy atom. The van der Waals surface area contributed by atoms with Crippen LogP contribution in [0.25, 0.3) is 11.3 Å². The SMILES string of the molecule is N#Cc1cccc(C(=O)NC2CCCN(c3cc(-c4ccc(Cl)cc4)[nH]n3)C2)c1. The lowest BCUT2D eigenvalue weighted by atomic mass is 10.0. The number of benzene rings is 2. The summed E-state index contributed by atoms with van der Waals surface area (Å²) in [6.45, 7) is 1.58. The van der Waals surface area contributed by atoms with Gasteiger partial charge in [-0.2, -0.15) is 10.4 Å². The number of H-pyrrole nitrogens is 1. The van der Waals surface area contributed by atoms with Gasteiger partial charge in [-0.05, 0) is 48.7 Å². The van der Waals surface area contributed by atoms with Crippen molar-refractivity contribution in [1.29, 1.82) is 5.26 Å². The summed E-state index contributed by atoms with van der Waals surface area (Å²) in [5.74, 6) is 0.707. The first-order chi connectivity index (χ1) is 14.1. The van der Waals surface area contributed by atoms with Crippen LogP contribution in [0.5, 0.6) is 0 Å². The average Bonchev–Trinajstić information content (AvgIpc) is 3.25. The first-order valence-corrected chi connectivity index (χ1v) is 9.87. The average molecular weight is 406 g/mol. The lowest BCUT2D eigenvalue weighted by molar-refractivity contribution is 0.0933. The summed E-state index contributed by atoms with van der Waals surface area (Å²) in [7, 11) is 0. The van der Waals surface area contributed by atoms with Crippen LogP contribution in [0.2, 0.25) is 5.02 Å². The molecule has 2 N–H and O–H groups in total. The molecular weight excluding hydrogens is 386 g/mol. The van der Waals surface area contributed by atoms with Gasteiger partial charge in [0.15, 0.2) is 5.82 Å². The second-order valence-electron chi connectivity index (χ2n) is 7.10. The van der Waals surface area contributed by atoms with Gasteiger partial charge in [0.1, 0.15) is 0 Å². The van der Waals surface area contributed by atoms with Gasteiger partial charge in [0.2, 0.25) is 0 Å². The van der Waals surface area contributed by atoms with E-state index in [1.54, 1.807) is 24.3 Å². The normalized spacial score (nSPS) is 16.3. The molecule has 1 atom stereocenters.